The van der Waals surface area contributed by atoms with Gasteiger partial charge in [0, 0.05) is 0 Å². The quantitative estimate of drug-likeness (QED) is 0.575. The van der Waals surface area contributed by atoms with E-state index in [0.29, 0.717) is 5.56 Å². The number of hydrogen-bond acceptors (Lipinski definition) is 9. The van der Waals surface area contributed by atoms with Crippen molar-refractivity contribution in [2.45, 2.75) is 5.92 Å². The lowest BCUT2D eigenvalue weighted by atomic mass is 9.80. The molecule has 4 N–H and O–H groups in total. The molecule has 0 saturated carbocycles. The molecular formula is C23H19N3O7. The molecule has 3 rings (SSSR count). The average Bonchev–Trinajstić information content (AvgIpc) is 2.82. The Bertz CT molecular complexity index is 1240. The molecule has 1 aliphatic rings. The summed E-state index contributed by atoms with van der Waals surface area (Å²) in [5.41, 5.74) is 5.41. The molecule has 0 fully saturated rings. The third-order valence-electron chi connectivity index (χ3n) is 5.06. The highest BCUT2D eigenvalue weighted by Gasteiger charge is 2.43. The number of carboxylic acid groups (broad SMARTS) is 1. The molecule has 2 aromatic rings. The van der Waals surface area contributed by atoms with Crippen LogP contribution in [0.4, 0.5) is 5.69 Å². The topological polar surface area (TPSA) is 163 Å². The zero-order chi connectivity index (χ0) is 24.3. The molecule has 1 aliphatic heterocycles. The van der Waals surface area contributed by atoms with Crippen molar-refractivity contribution >= 4 is 23.6 Å². The summed E-state index contributed by atoms with van der Waals surface area (Å²) in [6, 6.07) is 13.7. The van der Waals surface area contributed by atoms with Crippen molar-refractivity contribution in [1.82, 2.24) is 0 Å². The predicted molar refractivity (Wildman–Crippen MR) is 115 cm³/mol. The second-order valence-corrected chi connectivity index (χ2v) is 6.84. The minimum absolute atomic E-state index is 0.112. The zero-order valence-corrected chi connectivity index (χ0v) is 17.6. The van der Waals surface area contributed by atoms with Crippen LogP contribution in [-0.4, -0.2) is 42.3 Å². The second-order valence-electron chi connectivity index (χ2n) is 6.84. The first kappa shape index (κ1) is 22.9. The van der Waals surface area contributed by atoms with Crippen LogP contribution in [0.15, 0.2) is 71.2 Å². The van der Waals surface area contributed by atoms with Gasteiger partial charge in [0.2, 0.25) is 0 Å². The molecule has 168 valence electrons. The summed E-state index contributed by atoms with van der Waals surface area (Å²) in [6.45, 7) is 0. The van der Waals surface area contributed by atoms with Crippen molar-refractivity contribution < 1.29 is 34.1 Å². The van der Waals surface area contributed by atoms with Gasteiger partial charge in [0.25, 0.3) is 0 Å². The number of anilines is 1. The second kappa shape index (κ2) is 9.15. The summed E-state index contributed by atoms with van der Waals surface area (Å²) in [5.74, 6) is -5.12. The van der Waals surface area contributed by atoms with Crippen LogP contribution in [0.1, 0.15) is 21.8 Å². The van der Waals surface area contributed by atoms with Gasteiger partial charge in [-0.25, -0.2) is 14.4 Å². The number of carbonyl (C=O) groups excluding carboxylic acids is 2. The number of nitrogens with zero attached hydrogens (tertiary/aromatic N) is 2. The van der Waals surface area contributed by atoms with Crippen molar-refractivity contribution in [3.8, 4) is 11.8 Å². The lowest BCUT2D eigenvalue weighted by Gasteiger charge is -2.36. The SMILES string of the molecule is COC(=O)C1=C(C(=O)OC)N(c2ccc(O)cc2C(=O)O)C(N)=C(C#N)C1c1ccccc1. The van der Waals surface area contributed by atoms with E-state index in [1.807, 2.05) is 6.07 Å². The third-order valence-corrected chi connectivity index (χ3v) is 5.06. The molecule has 0 saturated heterocycles. The summed E-state index contributed by atoms with van der Waals surface area (Å²) >= 11 is 0. The Kier molecular flexibility index (Phi) is 6.35. The molecule has 0 aliphatic carbocycles. The fraction of sp³-hybridized carbons (Fsp3) is 0.130. The zero-order valence-electron chi connectivity index (χ0n) is 17.6. The number of nitrogens with two attached hydrogens (primary N) is 1. The maximum Gasteiger partial charge on any atom is 0.355 e. The van der Waals surface area contributed by atoms with E-state index in [4.69, 9.17) is 15.2 Å². The van der Waals surface area contributed by atoms with Crippen LogP contribution in [-0.2, 0) is 19.1 Å². The van der Waals surface area contributed by atoms with Gasteiger partial charge in [-0.2, -0.15) is 5.26 Å². The molecule has 0 amide bonds. The van der Waals surface area contributed by atoms with Crippen molar-refractivity contribution in [2.75, 3.05) is 19.1 Å². The van der Waals surface area contributed by atoms with E-state index < -0.39 is 35.1 Å². The van der Waals surface area contributed by atoms with E-state index in [2.05, 4.69) is 0 Å². The van der Waals surface area contributed by atoms with Crippen LogP contribution in [0, 0.1) is 11.3 Å². The number of phenols is 1. The van der Waals surface area contributed by atoms with Gasteiger partial charge in [-0.05, 0) is 23.8 Å². The van der Waals surface area contributed by atoms with Crippen molar-refractivity contribution in [3.05, 3.63) is 82.3 Å². The molecular weight excluding hydrogens is 430 g/mol. The number of esters is 2. The van der Waals surface area contributed by atoms with E-state index in [-0.39, 0.29) is 28.4 Å². The van der Waals surface area contributed by atoms with Gasteiger partial charge in [0.15, 0.2) is 0 Å². The predicted octanol–water partition coefficient (Wildman–Crippen LogP) is 1.99. The van der Waals surface area contributed by atoms with E-state index in [0.717, 1.165) is 25.2 Å². The molecule has 0 spiro atoms. The summed E-state index contributed by atoms with van der Waals surface area (Å²) in [7, 11) is 2.18. The van der Waals surface area contributed by atoms with Gasteiger partial charge in [-0.1, -0.05) is 30.3 Å². The van der Waals surface area contributed by atoms with Crippen LogP contribution in [0.5, 0.6) is 5.75 Å². The first-order valence-electron chi connectivity index (χ1n) is 9.48. The minimum atomic E-state index is -1.44. The fourth-order valence-corrected chi connectivity index (χ4v) is 3.65. The highest BCUT2D eigenvalue weighted by atomic mass is 16.5. The van der Waals surface area contributed by atoms with Gasteiger partial charge < -0.3 is 25.4 Å². The summed E-state index contributed by atoms with van der Waals surface area (Å²) in [6.07, 6.45) is 0. The van der Waals surface area contributed by atoms with Crippen molar-refractivity contribution in [3.63, 3.8) is 0 Å². The Morgan fingerprint density at radius 3 is 2.24 bits per heavy atom. The monoisotopic (exact) mass is 449 g/mol. The van der Waals surface area contributed by atoms with E-state index in [9.17, 15) is 29.9 Å². The average molecular weight is 449 g/mol. The first-order chi connectivity index (χ1) is 15.8. The Labute approximate surface area is 188 Å². The Hall–Kier alpha value is -4.78. The largest absolute Gasteiger partial charge is 0.508 e. The van der Waals surface area contributed by atoms with E-state index in [1.54, 1.807) is 30.3 Å². The maximum atomic E-state index is 13.0. The number of nitriles is 1. The highest BCUT2D eigenvalue weighted by molar-refractivity contribution is 6.08. The van der Waals surface area contributed by atoms with Crippen LogP contribution in [0.3, 0.4) is 0 Å². The molecule has 10 heteroatoms. The van der Waals surface area contributed by atoms with Crippen molar-refractivity contribution in [2.24, 2.45) is 5.73 Å². The number of phenolic OH excluding ortho intramolecular Hbond substituents is 1. The van der Waals surface area contributed by atoms with Crippen LogP contribution >= 0.6 is 0 Å². The van der Waals surface area contributed by atoms with Crippen LogP contribution < -0.4 is 10.6 Å². The molecule has 0 aromatic heterocycles. The van der Waals surface area contributed by atoms with E-state index >= 15 is 0 Å². The number of aromatic carboxylic acids is 1. The molecule has 1 atom stereocenters. The van der Waals surface area contributed by atoms with Gasteiger partial charge in [-0.3, -0.25) is 4.90 Å². The Morgan fingerprint density at radius 2 is 1.70 bits per heavy atom. The molecule has 33 heavy (non-hydrogen) atoms. The van der Waals surface area contributed by atoms with Crippen LogP contribution in [0.2, 0.25) is 0 Å². The number of carboxylic acids is 1. The first-order valence-corrected chi connectivity index (χ1v) is 9.48. The van der Waals surface area contributed by atoms with Gasteiger partial charge in [0.05, 0.1) is 48.6 Å². The van der Waals surface area contributed by atoms with Crippen molar-refractivity contribution in [1.29, 1.82) is 5.26 Å². The molecule has 1 heterocycles. The molecule has 0 radical (unpaired) electrons. The number of allylic oxidation sites excluding steroid dienone is 1. The molecule has 0 bridgehead atoms. The summed E-state index contributed by atoms with van der Waals surface area (Å²) in [5, 5.41) is 29.4. The number of methoxy groups -OCH3 is 2. The highest BCUT2D eigenvalue weighted by Crippen LogP contribution is 2.44. The summed E-state index contributed by atoms with van der Waals surface area (Å²) < 4.78 is 9.80. The number of hydrogen-bond donors (Lipinski definition) is 3. The number of ether oxygens (including phenoxy) is 2. The molecule has 1 unspecified atom stereocenters. The number of rotatable bonds is 5. The number of carbonyl (C=O) groups is 3. The lowest BCUT2D eigenvalue weighted by molar-refractivity contribution is -0.139. The molecule has 10 nitrogen and oxygen atoms in total. The van der Waals surface area contributed by atoms with E-state index in [1.165, 1.54) is 12.1 Å². The standard InChI is InChI=1S/C23H19N3O7/c1-32-22(30)18-17(12-6-4-3-5-7-12)15(11-24)20(25)26(19(18)23(31)33-2)16-9-8-13(27)10-14(16)21(28)29/h3-10,17,27H,25H2,1-2H3,(H,28,29). The smallest absolute Gasteiger partial charge is 0.355 e. The maximum absolute atomic E-state index is 13.0. The fourth-order valence-electron chi connectivity index (χ4n) is 3.65. The molecule has 2 aromatic carbocycles. The number of aromatic hydroxyl groups is 1. The van der Waals surface area contributed by atoms with Gasteiger partial charge in [0.1, 0.15) is 17.3 Å². The number of benzene rings is 2. The van der Waals surface area contributed by atoms with Gasteiger partial charge in [-0.15, -0.1) is 0 Å². The van der Waals surface area contributed by atoms with Crippen LogP contribution in [0.25, 0.3) is 0 Å². The third kappa shape index (κ3) is 3.95. The Morgan fingerprint density at radius 1 is 1.06 bits per heavy atom. The Balaban J connectivity index is 2.48. The van der Waals surface area contributed by atoms with Gasteiger partial charge >= 0.3 is 17.9 Å². The lowest BCUT2D eigenvalue weighted by Crippen LogP contribution is -2.41. The minimum Gasteiger partial charge on any atom is -0.508 e. The summed E-state index contributed by atoms with van der Waals surface area (Å²) in [4.78, 5) is 38.8. The normalized spacial score (nSPS) is 15.7.